The number of aromatic nitrogens is 2. The topological polar surface area (TPSA) is 163 Å². The molecule has 0 bridgehead atoms. The van der Waals surface area contributed by atoms with E-state index in [4.69, 9.17) is 4.84 Å². The number of thioether (sulfide) groups is 2. The van der Waals surface area contributed by atoms with Gasteiger partial charge in [-0.25, -0.2) is 9.78 Å². The van der Waals surface area contributed by atoms with Crippen molar-refractivity contribution in [3.8, 4) is 0 Å². The number of carbonyl (C=O) groups excluding carboxylic acids is 3. The summed E-state index contributed by atoms with van der Waals surface area (Å²) < 4.78 is 0. The first-order valence-electron chi connectivity index (χ1n) is 10.6. The fraction of sp³-hybridized carbons (Fsp3) is 0.227. The molecule has 4 heterocycles. The number of amides is 3. The Labute approximate surface area is 223 Å². The number of hydrogen-bond donors (Lipinski definition) is 3. The Kier molecular flexibility index (Phi) is 8.25. The molecule has 2 aliphatic rings. The summed E-state index contributed by atoms with van der Waals surface area (Å²) in [6.07, 6.45) is 3.98. The number of β-lactam (4-membered cyclic amide) rings is 1. The number of hydrogen-bond acceptors (Lipinski definition) is 11. The summed E-state index contributed by atoms with van der Waals surface area (Å²) in [7, 11) is 1.25. The van der Waals surface area contributed by atoms with Gasteiger partial charge in [-0.15, -0.1) is 23.1 Å². The minimum atomic E-state index is -1.23. The summed E-state index contributed by atoms with van der Waals surface area (Å²) >= 11 is 3.64. The number of nitrogens with one attached hydrogen (secondary N) is 2. The van der Waals surface area contributed by atoms with Crippen LogP contribution in [0, 0.1) is 6.92 Å². The maximum absolute atomic E-state index is 13.0. The van der Waals surface area contributed by atoms with Crippen molar-refractivity contribution in [2.45, 2.75) is 18.3 Å². The fourth-order valence-electron chi connectivity index (χ4n) is 3.46. The van der Waals surface area contributed by atoms with Gasteiger partial charge in [0.2, 0.25) is 6.41 Å². The lowest BCUT2D eigenvalue weighted by Gasteiger charge is -2.49. The number of nitrogens with zero attached hydrogens (tertiary/aromatic N) is 4. The van der Waals surface area contributed by atoms with E-state index in [0.29, 0.717) is 17.1 Å². The highest BCUT2D eigenvalue weighted by atomic mass is 32.2. The molecule has 12 nitrogen and oxygen atoms in total. The van der Waals surface area contributed by atoms with Crippen LogP contribution in [0.15, 0.2) is 44.9 Å². The normalized spacial score (nSPS) is 19.4. The van der Waals surface area contributed by atoms with Gasteiger partial charge in [0.25, 0.3) is 11.8 Å². The maximum atomic E-state index is 13.0. The van der Waals surface area contributed by atoms with Crippen LogP contribution in [0.5, 0.6) is 0 Å². The van der Waals surface area contributed by atoms with E-state index in [2.05, 4.69) is 25.8 Å². The predicted molar refractivity (Wildman–Crippen MR) is 141 cm³/mol. The first kappa shape index (κ1) is 26.4. The lowest BCUT2D eigenvalue weighted by molar-refractivity contribution is -0.150. The van der Waals surface area contributed by atoms with Gasteiger partial charge < -0.3 is 20.6 Å². The van der Waals surface area contributed by atoms with E-state index in [1.54, 1.807) is 11.6 Å². The zero-order chi connectivity index (χ0) is 26.5. The molecule has 1 unspecified atom stereocenters. The Morgan fingerprint density at radius 3 is 2.86 bits per heavy atom. The average molecular weight is 561 g/mol. The Morgan fingerprint density at radius 2 is 2.19 bits per heavy atom. The molecular formula is C22H20N6O6S3. The zero-order valence-corrected chi connectivity index (χ0v) is 21.9. The predicted octanol–water partition coefficient (Wildman–Crippen LogP) is 1.87. The molecule has 3 N–H and O–H groups in total. The van der Waals surface area contributed by atoms with Gasteiger partial charge in [0.15, 0.2) is 10.8 Å². The van der Waals surface area contributed by atoms with Crippen LogP contribution in [0.1, 0.15) is 17.0 Å². The van der Waals surface area contributed by atoms with Gasteiger partial charge in [0.05, 0.1) is 0 Å². The van der Waals surface area contributed by atoms with Crippen molar-refractivity contribution < 1.29 is 29.1 Å². The number of aryl methyl sites for hydroxylation is 1. The van der Waals surface area contributed by atoms with Crippen molar-refractivity contribution in [2.75, 3.05) is 18.2 Å². The van der Waals surface area contributed by atoms with Crippen LogP contribution in [0.4, 0.5) is 5.13 Å². The van der Waals surface area contributed by atoms with Crippen molar-refractivity contribution in [1.29, 1.82) is 0 Å². The average Bonchev–Trinajstić information content (AvgIpc) is 3.34. The number of fused-ring (bicyclic) bond motifs is 1. The number of pyridine rings is 1. The molecular weight excluding hydrogens is 540 g/mol. The monoisotopic (exact) mass is 560 g/mol. The summed E-state index contributed by atoms with van der Waals surface area (Å²) in [5.74, 6) is -2.16. The van der Waals surface area contributed by atoms with Crippen molar-refractivity contribution >= 4 is 76.0 Å². The molecule has 2 aromatic heterocycles. The van der Waals surface area contributed by atoms with Crippen LogP contribution >= 0.6 is 34.9 Å². The van der Waals surface area contributed by atoms with E-state index >= 15 is 0 Å². The Balaban J connectivity index is 1.47. The minimum absolute atomic E-state index is 0.106. The lowest BCUT2D eigenvalue weighted by atomic mass is 10.0. The van der Waals surface area contributed by atoms with E-state index in [0.717, 1.165) is 22.6 Å². The lowest BCUT2D eigenvalue weighted by Crippen LogP contribution is -2.71. The van der Waals surface area contributed by atoms with Gasteiger partial charge in [-0.3, -0.25) is 24.3 Å². The van der Waals surface area contributed by atoms with E-state index in [1.807, 2.05) is 25.1 Å². The fourth-order valence-corrected chi connectivity index (χ4v) is 6.47. The molecule has 15 heteroatoms. The first-order valence-corrected chi connectivity index (χ1v) is 13.4. The standard InChI is InChI=1S/C22H20N6O6S3/c1-11-3-4-12(7-23-11)5-6-35-14-9-36-20-16(19(31)28(20)17(14)21(32)33)26-18(30)15(27-34-2)13-8-37-22(25-13)24-10-29/h3-8,10,16,20H,9H2,1-2H3,(H,26,30)(H,32,33)(H,24,25,29)/b6-5-,27-15-/t16?,20-/m1/s1. The van der Waals surface area contributed by atoms with Gasteiger partial charge >= 0.3 is 5.97 Å². The summed E-state index contributed by atoms with van der Waals surface area (Å²) in [6, 6.07) is 2.82. The Morgan fingerprint density at radius 1 is 1.38 bits per heavy atom. The van der Waals surface area contributed by atoms with E-state index in [9.17, 15) is 24.3 Å². The second kappa shape index (κ2) is 11.6. The van der Waals surface area contributed by atoms with Crippen LogP contribution in [0.3, 0.4) is 0 Å². The molecule has 1 saturated heterocycles. The van der Waals surface area contributed by atoms with Crippen LogP contribution in [0.2, 0.25) is 0 Å². The molecule has 2 aromatic rings. The molecule has 0 saturated carbocycles. The van der Waals surface area contributed by atoms with E-state index in [1.165, 1.54) is 40.9 Å². The van der Waals surface area contributed by atoms with Gasteiger partial charge in [-0.05, 0) is 30.0 Å². The molecule has 2 atom stereocenters. The summed E-state index contributed by atoms with van der Waals surface area (Å²) in [6.45, 7) is 1.88. The molecule has 0 radical (unpaired) electrons. The van der Waals surface area contributed by atoms with Crippen LogP contribution in [-0.4, -0.2) is 74.2 Å². The molecule has 2 aliphatic heterocycles. The number of thiazole rings is 1. The largest absolute Gasteiger partial charge is 0.477 e. The van der Waals surface area contributed by atoms with Crippen molar-refractivity contribution in [3.63, 3.8) is 0 Å². The highest BCUT2D eigenvalue weighted by molar-refractivity contribution is 8.08. The quantitative estimate of drug-likeness (QED) is 0.169. The Bertz CT molecular complexity index is 1320. The SMILES string of the molecule is CO/N=C(\C(=O)NC1C(=O)N2C(C(=O)O)=C(S/C=C\c3ccc(C)nc3)CS[C@H]12)c1csc(NC=O)n1. The van der Waals surface area contributed by atoms with Crippen LogP contribution in [0.25, 0.3) is 6.08 Å². The molecule has 192 valence electrons. The van der Waals surface area contributed by atoms with Gasteiger partial charge in [0, 0.05) is 27.9 Å². The molecule has 0 spiro atoms. The molecule has 1 fully saturated rings. The molecule has 4 rings (SSSR count). The molecule has 0 aromatic carbocycles. The second-order valence-corrected chi connectivity index (χ2v) is 10.5. The third kappa shape index (κ3) is 5.68. The first-order chi connectivity index (χ1) is 17.8. The van der Waals surface area contributed by atoms with Crippen molar-refractivity contribution in [2.24, 2.45) is 5.16 Å². The molecule has 0 aliphatic carbocycles. The number of oxime groups is 1. The van der Waals surface area contributed by atoms with Crippen LogP contribution in [-0.2, 0) is 24.0 Å². The van der Waals surface area contributed by atoms with Crippen LogP contribution < -0.4 is 10.6 Å². The summed E-state index contributed by atoms with van der Waals surface area (Å²) in [5.41, 5.74) is 1.60. The molecule has 3 amide bonds. The number of carboxylic acids is 1. The molecule has 37 heavy (non-hydrogen) atoms. The van der Waals surface area contributed by atoms with Gasteiger partial charge in [0.1, 0.15) is 29.9 Å². The number of aliphatic carboxylic acids is 1. The van der Waals surface area contributed by atoms with Crippen molar-refractivity contribution in [3.05, 3.63) is 56.7 Å². The van der Waals surface area contributed by atoms with Gasteiger partial charge in [-0.1, -0.05) is 23.0 Å². The summed E-state index contributed by atoms with van der Waals surface area (Å²) in [5, 5.41) is 21.5. The minimum Gasteiger partial charge on any atom is -0.477 e. The van der Waals surface area contributed by atoms with Gasteiger partial charge in [-0.2, -0.15) is 0 Å². The third-order valence-electron chi connectivity index (χ3n) is 5.15. The number of carbonyl (C=O) groups is 4. The maximum Gasteiger partial charge on any atom is 0.353 e. The Hall–Kier alpha value is -3.69. The highest BCUT2D eigenvalue weighted by Crippen LogP contribution is 2.43. The second-order valence-electron chi connectivity index (χ2n) is 7.51. The smallest absolute Gasteiger partial charge is 0.353 e. The zero-order valence-electron chi connectivity index (χ0n) is 19.4. The number of rotatable bonds is 10. The highest BCUT2D eigenvalue weighted by Gasteiger charge is 2.54. The van der Waals surface area contributed by atoms with E-state index in [-0.39, 0.29) is 22.2 Å². The third-order valence-corrected chi connectivity index (χ3v) is 8.28. The number of carboxylic acid groups (broad SMARTS) is 1. The number of anilines is 1. The summed E-state index contributed by atoms with van der Waals surface area (Å²) in [4.78, 5) is 63.4. The van der Waals surface area contributed by atoms with Crippen molar-refractivity contribution in [1.82, 2.24) is 20.2 Å². The van der Waals surface area contributed by atoms with E-state index < -0.39 is 29.2 Å².